The highest BCUT2D eigenvalue weighted by atomic mass is 16.5. The highest BCUT2D eigenvalue weighted by Gasteiger charge is 2.46. The lowest BCUT2D eigenvalue weighted by atomic mass is 9.92. The first kappa shape index (κ1) is 12.8. The molecule has 1 saturated heterocycles. The van der Waals surface area contributed by atoms with Gasteiger partial charge in [-0.3, -0.25) is 4.79 Å². The molecule has 1 heterocycles. The topological polar surface area (TPSA) is 55.6 Å². The molecule has 0 spiro atoms. The number of rotatable bonds is 4. The molecule has 98 valence electrons. The van der Waals surface area contributed by atoms with Gasteiger partial charge >= 0.3 is 0 Å². The normalized spacial score (nSPS) is 25.7. The van der Waals surface area contributed by atoms with Crippen LogP contribution < -0.4 is 5.73 Å². The van der Waals surface area contributed by atoms with E-state index >= 15 is 0 Å². The molecule has 0 bridgehead atoms. The Kier molecular flexibility index (Phi) is 3.73. The van der Waals surface area contributed by atoms with Gasteiger partial charge in [0.25, 0.3) is 0 Å². The van der Waals surface area contributed by atoms with E-state index in [1.54, 1.807) is 7.11 Å². The molecule has 1 aliphatic carbocycles. The highest BCUT2D eigenvalue weighted by Crippen LogP contribution is 2.39. The Morgan fingerprint density at radius 2 is 1.94 bits per heavy atom. The molecule has 4 heteroatoms. The van der Waals surface area contributed by atoms with Crippen molar-refractivity contribution in [1.29, 1.82) is 0 Å². The molecule has 1 unspecified atom stereocenters. The molecular weight excluding hydrogens is 216 g/mol. The summed E-state index contributed by atoms with van der Waals surface area (Å²) in [5.74, 6) is 1.16. The highest BCUT2D eigenvalue weighted by molar-refractivity contribution is 5.86. The number of carbonyl (C=O) groups is 1. The molecule has 0 aromatic carbocycles. The number of nitrogens with zero attached hydrogens (tertiary/aromatic N) is 1. The van der Waals surface area contributed by atoms with Crippen molar-refractivity contribution in [2.24, 2.45) is 17.6 Å². The lowest BCUT2D eigenvalue weighted by molar-refractivity contribution is -0.138. The van der Waals surface area contributed by atoms with Crippen molar-refractivity contribution < 1.29 is 9.53 Å². The quantitative estimate of drug-likeness (QED) is 0.797. The molecule has 2 aliphatic rings. The van der Waals surface area contributed by atoms with E-state index in [-0.39, 0.29) is 5.91 Å². The van der Waals surface area contributed by atoms with Crippen LogP contribution in [-0.2, 0) is 9.53 Å². The summed E-state index contributed by atoms with van der Waals surface area (Å²) in [4.78, 5) is 14.3. The van der Waals surface area contributed by atoms with Gasteiger partial charge in [-0.25, -0.2) is 0 Å². The summed E-state index contributed by atoms with van der Waals surface area (Å²) < 4.78 is 5.16. The number of hydrogen-bond acceptors (Lipinski definition) is 3. The Labute approximate surface area is 103 Å². The summed E-state index contributed by atoms with van der Waals surface area (Å²) in [6, 6.07) is 0. The first-order valence-electron chi connectivity index (χ1n) is 6.63. The first-order valence-corrected chi connectivity index (χ1v) is 6.63. The Balaban J connectivity index is 1.85. The Hall–Kier alpha value is -0.610. The summed E-state index contributed by atoms with van der Waals surface area (Å²) in [5, 5.41) is 0. The lowest BCUT2D eigenvalue weighted by Crippen LogP contribution is -2.56. The van der Waals surface area contributed by atoms with Gasteiger partial charge in [0.15, 0.2) is 0 Å². The average Bonchev–Trinajstić information content (AvgIpc) is 3.13. The van der Waals surface area contributed by atoms with Crippen LogP contribution in [0.3, 0.4) is 0 Å². The van der Waals surface area contributed by atoms with Gasteiger partial charge in [0, 0.05) is 26.8 Å². The summed E-state index contributed by atoms with van der Waals surface area (Å²) in [5.41, 5.74) is 5.54. The maximum atomic E-state index is 12.3. The smallest absolute Gasteiger partial charge is 0.242 e. The van der Waals surface area contributed by atoms with Crippen molar-refractivity contribution in [3.8, 4) is 0 Å². The monoisotopic (exact) mass is 240 g/mol. The average molecular weight is 240 g/mol. The zero-order chi connectivity index (χ0) is 12.5. The van der Waals surface area contributed by atoms with Crippen LogP contribution in [0.25, 0.3) is 0 Å². The SMILES string of the molecule is COCC1CCN(C(=O)C(C)(N)C2CC2)CC1. The summed E-state index contributed by atoms with van der Waals surface area (Å²) in [6.07, 6.45) is 4.30. The van der Waals surface area contributed by atoms with Crippen molar-refractivity contribution in [1.82, 2.24) is 4.90 Å². The molecule has 2 rings (SSSR count). The van der Waals surface area contributed by atoms with Crippen LogP contribution in [0.1, 0.15) is 32.6 Å². The predicted octanol–water partition coefficient (Wildman–Crippen LogP) is 0.999. The van der Waals surface area contributed by atoms with Crippen molar-refractivity contribution in [2.45, 2.75) is 38.1 Å². The number of likely N-dealkylation sites (tertiary alicyclic amines) is 1. The second-order valence-electron chi connectivity index (χ2n) is 5.75. The number of carbonyl (C=O) groups excluding carboxylic acids is 1. The van der Waals surface area contributed by atoms with Gasteiger partial charge in [-0.05, 0) is 44.4 Å². The number of hydrogen-bond donors (Lipinski definition) is 1. The van der Waals surface area contributed by atoms with Crippen molar-refractivity contribution >= 4 is 5.91 Å². The molecule has 0 radical (unpaired) electrons. The minimum Gasteiger partial charge on any atom is -0.384 e. The van der Waals surface area contributed by atoms with E-state index in [0.29, 0.717) is 11.8 Å². The molecule has 0 aromatic rings. The predicted molar refractivity (Wildman–Crippen MR) is 66.5 cm³/mol. The molecule has 0 aromatic heterocycles. The third-order valence-corrected chi connectivity index (χ3v) is 4.19. The molecule has 1 amide bonds. The van der Waals surface area contributed by atoms with E-state index in [2.05, 4.69) is 0 Å². The van der Waals surface area contributed by atoms with Crippen LogP contribution in [0.5, 0.6) is 0 Å². The van der Waals surface area contributed by atoms with Gasteiger partial charge in [-0.15, -0.1) is 0 Å². The van der Waals surface area contributed by atoms with Gasteiger partial charge < -0.3 is 15.4 Å². The fourth-order valence-electron chi connectivity index (χ4n) is 2.74. The van der Waals surface area contributed by atoms with E-state index in [1.165, 1.54) is 0 Å². The molecule has 1 aliphatic heterocycles. The number of ether oxygens (including phenoxy) is 1. The number of amides is 1. The van der Waals surface area contributed by atoms with Crippen LogP contribution in [0.4, 0.5) is 0 Å². The molecule has 2 N–H and O–H groups in total. The summed E-state index contributed by atoms with van der Waals surface area (Å²) in [7, 11) is 1.74. The van der Waals surface area contributed by atoms with E-state index in [4.69, 9.17) is 10.5 Å². The van der Waals surface area contributed by atoms with E-state index in [0.717, 1.165) is 45.4 Å². The second-order valence-corrected chi connectivity index (χ2v) is 5.75. The zero-order valence-electron chi connectivity index (χ0n) is 10.9. The van der Waals surface area contributed by atoms with Gasteiger partial charge in [0.05, 0.1) is 5.54 Å². The van der Waals surface area contributed by atoms with Gasteiger partial charge in [0.2, 0.25) is 5.91 Å². The van der Waals surface area contributed by atoms with E-state index in [9.17, 15) is 4.79 Å². The fraction of sp³-hybridized carbons (Fsp3) is 0.923. The van der Waals surface area contributed by atoms with Crippen molar-refractivity contribution in [3.63, 3.8) is 0 Å². The van der Waals surface area contributed by atoms with Crippen LogP contribution in [0.2, 0.25) is 0 Å². The maximum Gasteiger partial charge on any atom is 0.242 e. The largest absolute Gasteiger partial charge is 0.384 e. The molecular formula is C13H24N2O2. The fourth-order valence-corrected chi connectivity index (χ4v) is 2.74. The number of methoxy groups -OCH3 is 1. The number of nitrogens with two attached hydrogens (primary N) is 1. The van der Waals surface area contributed by atoms with Crippen molar-refractivity contribution in [3.05, 3.63) is 0 Å². The van der Waals surface area contributed by atoms with Gasteiger partial charge in [0.1, 0.15) is 0 Å². The van der Waals surface area contributed by atoms with Crippen LogP contribution >= 0.6 is 0 Å². The standard InChI is InChI=1S/C13H24N2O2/c1-13(14,11-3-4-11)12(16)15-7-5-10(6-8-15)9-17-2/h10-11H,3-9,14H2,1-2H3. The van der Waals surface area contributed by atoms with Gasteiger partial charge in [-0.2, -0.15) is 0 Å². The van der Waals surface area contributed by atoms with Gasteiger partial charge in [-0.1, -0.05) is 0 Å². The van der Waals surface area contributed by atoms with Crippen LogP contribution in [0.15, 0.2) is 0 Å². The van der Waals surface area contributed by atoms with Crippen LogP contribution in [0, 0.1) is 11.8 Å². The maximum absolute atomic E-state index is 12.3. The molecule has 1 saturated carbocycles. The molecule has 17 heavy (non-hydrogen) atoms. The van der Waals surface area contributed by atoms with Crippen molar-refractivity contribution in [2.75, 3.05) is 26.8 Å². The Morgan fingerprint density at radius 3 is 2.41 bits per heavy atom. The Morgan fingerprint density at radius 1 is 1.35 bits per heavy atom. The third-order valence-electron chi connectivity index (χ3n) is 4.19. The second kappa shape index (κ2) is 4.94. The molecule has 4 nitrogen and oxygen atoms in total. The Bertz CT molecular complexity index is 279. The third kappa shape index (κ3) is 2.80. The zero-order valence-corrected chi connectivity index (χ0v) is 10.9. The lowest BCUT2D eigenvalue weighted by Gasteiger charge is -2.36. The number of piperidine rings is 1. The van der Waals surface area contributed by atoms with Crippen LogP contribution in [-0.4, -0.2) is 43.2 Å². The summed E-state index contributed by atoms with van der Waals surface area (Å²) >= 11 is 0. The first-order chi connectivity index (χ1) is 8.05. The van der Waals surface area contributed by atoms with E-state index < -0.39 is 5.54 Å². The minimum atomic E-state index is -0.631. The molecule has 1 atom stereocenters. The van der Waals surface area contributed by atoms with E-state index in [1.807, 2.05) is 11.8 Å². The summed E-state index contributed by atoms with van der Waals surface area (Å²) in [6.45, 7) is 4.39. The minimum absolute atomic E-state index is 0.149. The molecule has 2 fully saturated rings.